The van der Waals surface area contributed by atoms with Gasteiger partial charge in [0, 0.05) is 28.9 Å². The highest BCUT2D eigenvalue weighted by molar-refractivity contribution is 6.06. The van der Waals surface area contributed by atoms with Crippen LogP contribution in [0.15, 0.2) is 42.5 Å². The third-order valence-electron chi connectivity index (χ3n) is 5.60. The average Bonchev–Trinajstić information content (AvgIpc) is 3.26. The van der Waals surface area contributed by atoms with E-state index in [1.54, 1.807) is 47.4 Å². The van der Waals surface area contributed by atoms with Gasteiger partial charge >= 0.3 is 5.97 Å². The highest BCUT2D eigenvalue weighted by atomic mass is 16.4. The quantitative estimate of drug-likeness (QED) is 0.530. The first-order valence-electron chi connectivity index (χ1n) is 9.28. The van der Waals surface area contributed by atoms with Gasteiger partial charge < -0.3 is 20.4 Å². The first-order valence-corrected chi connectivity index (χ1v) is 9.28. The van der Waals surface area contributed by atoms with Crippen LogP contribution in [0.4, 0.5) is 11.4 Å². The number of aliphatic hydroxyl groups is 1. The monoisotopic (exact) mass is 395 g/mol. The summed E-state index contributed by atoms with van der Waals surface area (Å²) in [5.41, 5.74) is 2.83. The van der Waals surface area contributed by atoms with Gasteiger partial charge in [0.25, 0.3) is 5.91 Å². The van der Waals surface area contributed by atoms with Gasteiger partial charge in [-0.1, -0.05) is 13.0 Å². The molecule has 1 saturated heterocycles. The van der Waals surface area contributed by atoms with Crippen LogP contribution in [0.5, 0.6) is 0 Å². The summed E-state index contributed by atoms with van der Waals surface area (Å²) in [5.74, 6) is -1.60. The molecular weight excluding hydrogens is 374 g/mol. The van der Waals surface area contributed by atoms with E-state index in [4.69, 9.17) is 0 Å². The van der Waals surface area contributed by atoms with Gasteiger partial charge in [-0.05, 0) is 43.3 Å². The van der Waals surface area contributed by atoms with E-state index in [2.05, 4.69) is 20.7 Å². The predicted octanol–water partition coefficient (Wildman–Crippen LogP) is 1.87. The maximum atomic E-state index is 12.6. The molecule has 1 amide bonds. The number of H-pyrrole nitrogens is 1. The molecule has 0 bridgehead atoms. The molecule has 4 atom stereocenters. The van der Waals surface area contributed by atoms with E-state index in [-0.39, 0.29) is 17.9 Å². The van der Waals surface area contributed by atoms with Crippen LogP contribution in [0.25, 0.3) is 11.0 Å². The Morgan fingerprint density at radius 1 is 1.10 bits per heavy atom. The molecule has 1 aliphatic rings. The van der Waals surface area contributed by atoms with Crippen LogP contribution in [0, 0.1) is 5.92 Å². The first kappa shape index (κ1) is 18.9. The second kappa shape index (κ2) is 7.17. The summed E-state index contributed by atoms with van der Waals surface area (Å²) in [5, 5.41) is 33.2. The smallest absolute Gasteiger partial charge is 0.329 e. The first-order chi connectivity index (χ1) is 13.9. The lowest BCUT2D eigenvalue weighted by atomic mass is 9.99. The number of carbonyl (C=O) groups is 2. The fourth-order valence-electron chi connectivity index (χ4n) is 3.83. The Hall–Kier alpha value is -3.46. The Labute approximate surface area is 166 Å². The van der Waals surface area contributed by atoms with E-state index in [9.17, 15) is 19.8 Å². The number of benzene rings is 2. The maximum absolute atomic E-state index is 12.6. The van der Waals surface area contributed by atoms with Crippen molar-refractivity contribution in [3.63, 3.8) is 0 Å². The standard InChI is InChI=1S/C20H21N5O4/c1-10-11(2)25(17(18(10)26)20(28)29)14-5-3-4-13(9-14)21-19(27)12-6-7-15-16(8-12)23-24-22-15/h3-11,17-18,26H,1-2H3,(H,21,27)(H,28,29)(H,22,23,24). The second-order valence-corrected chi connectivity index (χ2v) is 7.31. The lowest BCUT2D eigenvalue weighted by Crippen LogP contribution is -2.44. The van der Waals surface area contributed by atoms with E-state index in [1.165, 1.54) is 0 Å². The molecule has 150 valence electrons. The molecular formula is C20H21N5O4. The number of nitrogens with one attached hydrogen (secondary N) is 2. The van der Waals surface area contributed by atoms with Crippen LogP contribution >= 0.6 is 0 Å². The Morgan fingerprint density at radius 3 is 2.62 bits per heavy atom. The van der Waals surface area contributed by atoms with Crippen molar-refractivity contribution in [3.05, 3.63) is 48.0 Å². The molecule has 9 heteroatoms. The summed E-state index contributed by atoms with van der Waals surface area (Å²) in [6, 6.07) is 10.7. The molecule has 3 aromatic rings. The minimum Gasteiger partial charge on any atom is -0.480 e. The highest BCUT2D eigenvalue weighted by Crippen LogP contribution is 2.35. The number of nitrogens with zero attached hydrogens (tertiary/aromatic N) is 3. The van der Waals surface area contributed by atoms with E-state index in [0.717, 1.165) is 0 Å². The molecule has 1 fully saturated rings. The molecule has 1 aromatic heterocycles. The molecule has 9 nitrogen and oxygen atoms in total. The molecule has 0 saturated carbocycles. The van der Waals surface area contributed by atoms with Gasteiger partial charge in [0.2, 0.25) is 0 Å². The minimum atomic E-state index is -1.08. The number of rotatable bonds is 4. The number of fused-ring (bicyclic) bond motifs is 1. The molecule has 2 aromatic carbocycles. The van der Waals surface area contributed by atoms with E-state index in [0.29, 0.717) is 28.0 Å². The molecule has 4 N–H and O–H groups in total. The van der Waals surface area contributed by atoms with Crippen molar-refractivity contribution >= 4 is 34.3 Å². The van der Waals surface area contributed by atoms with Gasteiger partial charge in [0.1, 0.15) is 11.0 Å². The van der Waals surface area contributed by atoms with Gasteiger partial charge in [-0.2, -0.15) is 15.4 Å². The summed E-state index contributed by atoms with van der Waals surface area (Å²) in [7, 11) is 0. The Morgan fingerprint density at radius 2 is 1.86 bits per heavy atom. The van der Waals surface area contributed by atoms with E-state index in [1.807, 2.05) is 13.8 Å². The zero-order chi connectivity index (χ0) is 20.7. The Bertz CT molecular complexity index is 1080. The highest BCUT2D eigenvalue weighted by Gasteiger charge is 2.47. The van der Waals surface area contributed by atoms with Crippen LogP contribution < -0.4 is 10.2 Å². The predicted molar refractivity (Wildman–Crippen MR) is 107 cm³/mol. The number of anilines is 2. The van der Waals surface area contributed by atoms with Crippen molar-refractivity contribution in [2.75, 3.05) is 10.2 Å². The average molecular weight is 395 g/mol. The number of aliphatic hydroxyl groups excluding tert-OH is 1. The minimum absolute atomic E-state index is 0.174. The van der Waals surface area contributed by atoms with Crippen molar-refractivity contribution in [3.8, 4) is 0 Å². The topological polar surface area (TPSA) is 131 Å². The zero-order valence-electron chi connectivity index (χ0n) is 15.9. The summed E-state index contributed by atoms with van der Waals surface area (Å²) in [6.45, 7) is 3.71. The fraction of sp³-hybridized carbons (Fsp3) is 0.300. The molecule has 4 rings (SSSR count). The van der Waals surface area contributed by atoms with E-state index < -0.39 is 18.1 Å². The van der Waals surface area contributed by atoms with Gasteiger partial charge in [0.15, 0.2) is 6.04 Å². The Balaban J connectivity index is 1.60. The van der Waals surface area contributed by atoms with Crippen molar-refractivity contribution in [1.82, 2.24) is 15.4 Å². The molecule has 0 spiro atoms. The summed E-state index contributed by atoms with van der Waals surface area (Å²) >= 11 is 0. The number of aromatic amines is 1. The molecule has 0 aliphatic carbocycles. The summed E-state index contributed by atoms with van der Waals surface area (Å²) in [4.78, 5) is 26.1. The number of aliphatic carboxylic acids is 1. The van der Waals surface area contributed by atoms with Gasteiger partial charge in [-0.15, -0.1) is 0 Å². The third kappa shape index (κ3) is 3.29. The third-order valence-corrected chi connectivity index (χ3v) is 5.60. The SMILES string of the molecule is CC1C(O)C(C(=O)O)N(c2cccc(NC(=O)c3ccc4n[nH]nc4c3)c2)C1C. The molecule has 29 heavy (non-hydrogen) atoms. The molecule has 4 unspecified atom stereocenters. The lowest BCUT2D eigenvalue weighted by molar-refractivity contribution is -0.140. The number of carboxylic acids is 1. The second-order valence-electron chi connectivity index (χ2n) is 7.31. The number of carboxylic acid groups (broad SMARTS) is 1. The summed E-state index contributed by atoms with van der Waals surface area (Å²) in [6.07, 6.45) is -0.977. The van der Waals surface area contributed by atoms with Crippen LogP contribution in [-0.2, 0) is 4.79 Å². The number of carbonyl (C=O) groups excluding carboxylic acids is 1. The number of hydrogen-bond donors (Lipinski definition) is 4. The lowest BCUT2D eigenvalue weighted by Gasteiger charge is -2.29. The van der Waals surface area contributed by atoms with Gasteiger partial charge in [-0.25, -0.2) is 4.79 Å². The van der Waals surface area contributed by atoms with Crippen LogP contribution in [0.3, 0.4) is 0 Å². The maximum Gasteiger partial charge on any atom is 0.329 e. The number of hydrogen-bond acceptors (Lipinski definition) is 6. The van der Waals surface area contributed by atoms with Crippen molar-refractivity contribution in [2.45, 2.75) is 32.0 Å². The van der Waals surface area contributed by atoms with Crippen LogP contribution in [0.2, 0.25) is 0 Å². The number of aromatic nitrogens is 3. The number of amides is 1. The molecule has 1 aliphatic heterocycles. The van der Waals surface area contributed by atoms with Crippen LogP contribution in [0.1, 0.15) is 24.2 Å². The summed E-state index contributed by atoms with van der Waals surface area (Å²) < 4.78 is 0. The van der Waals surface area contributed by atoms with Gasteiger partial charge in [-0.3, -0.25) is 4.79 Å². The van der Waals surface area contributed by atoms with Crippen molar-refractivity contribution in [2.24, 2.45) is 5.92 Å². The van der Waals surface area contributed by atoms with E-state index >= 15 is 0 Å². The fourth-order valence-corrected chi connectivity index (χ4v) is 3.83. The Kier molecular flexibility index (Phi) is 4.67. The normalized spacial score (nSPS) is 24.0. The largest absolute Gasteiger partial charge is 0.480 e. The molecule has 0 radical (unpaired) electrons. The van der Waals surface area contributed by atoms with Crippen molar-refractivity contribution < 1.29 is 19.8 Å². The van der Waals surface area contributed by atoms with Crippen molar-refractivity contribution in [1.29, 1.82) is 0 Å². The molecule has 2 heterocycles. The van der Waals surface area contributed by atoms with Crippen LogP contribution in [-0.4, -0.2) is 55.7 Å². The van der Waals surface area contributed by atoms with Gasteiger partial charge in [0.05, 0.1) is 6.10 Å². The zero-order valence-corrected chi connectivity index (χ0v) is 15.9.